The maximum Gasteiger partial charge on any atom is 0.259 e. The molecule has 0 unspecified atom stereocenters. The summed E-state index contributed by atoms with van der Waals surface area (Å²) in [6.07, 6.45) is 1.57. The van der Waals surface area contributed by atoms with E-state index in [9.17, 15) is 4.79 Å². The minimum Gasteiger partial charge on any atom is -0.467 e. The number of benzene rings is 1. The van der Waals surface area contributed by atoms with Gasteiger partial charge in [-0.2, -0.15) is 0 Å². The van der Waals surface area contributed by atoms with Gasteiger partial charge in [-0.05, 0) is 25.1 Å². The molecule has 0 saturated carbocycles. The Balaban J connectivity index is 1.75. The van der Waals surface area contributed by atoms with Gasteiger partial charge in [-0.3, -0.25) is 4.79 Å². The monoisotopic (exact) mass is 333 g/mol. The summed E-state index contributed by atoms with van der Waals surface area (Å²) in [4.78, 5) is 17.2. The molecule has 124 valence electrons. The van der Waals surface area contributed by atoms with E-state index < -0.39 is 0 Å². The van der Waals surface area contributed by atoms with E-state index in [0.717, 1.165) is 5.56 Å². The maximum absolute atomic E-state index is 12.7. The van der Waals surface area contributed by atoms with Gasteiger partial charge in [-0.25, -0.2) is 4.98 Å². The first-order valence-electron chi connectivity index (χ1n) is 7.85. The zero-order valence-electron chi connectivity index (χ0n) is 13.5. The lowest BCUT2D eigenvalue weighted by Crippen LogP contribution is -2.23. The molecule has 0 aliphatic heterocycles. The number of carbonyl (C=O) groups is 1. The Hall–Kier alpha value is -3.41. The van der Waals surface area contributed by atoms with Crippen LogP contribution in [-0.2, 0) is 6.54 Å². The molecule has 6 heteroatoms. The van der Waals surface area contributed by atoms with Crippen LogP contribution in [0.3, 0.4) is 0 Å². The number of aromatic nitrogens is 2. The molecule has 0 fully saturated rings. The number of nitrogens with one attached hydrogen (secondary N) is 1. The Kier molecular flexibility index (Phi) is 3.78. The Morgan fingerprint density at radius 2 is 2.00 bits per heavy atom. The van der Waals surface area contributed by atoms with Gasteiger partial charge in [0, 0.05) is 5.56 Å². The zero-order chi connectivity index (χ0) is 17.2. The summed E-state index contributed by atoms with van der Waals surface area (Å²) in [6, 6.07) is 15.0. The minimum absolute atomic E-state index is 0.229. The molecule has 4 rings (SSSR count). The second kappa shape index (κ2) is 6.24. The van der Waals surface area contributed by atoms with Crippen molar-refractivity contribution in [2.75, 3.05) is 0 Å². The fourth-order valence-corrected chi connectivity index (χ4v) is 2.71. The van der Waals surface area contributed by atoms with Crippen molar-refractivity contribution < 1.29 is 13.7 Å². The van der Waals surface area contributed by atoms with Crippen LogP contribution in [0.5, 0.6) is 0 Å². The number of pyridine rings is 1. The minimum atomic E-state index is -0.229. The number of furan rings is 1. The van der Waals surface area contributed by atoms with Gasteiger partial charge in [0.15, 0.2) is 0 Å². The molecule has 0 atom stereocenters. The number of carbonyl (C=O) groups excluding carboxylic acids is 1. The van der Waals surface area contributed by atoms with Crippen LogP contribution in [0.4, 0.5) is 0 Å². The number of fused-ring (bicyclic) bond motifs is 1. The van der Waals surface area contributed by atoms with Crippen molar-refractivity contribution in [2.45, 2.75) is 13.5 Å². The molecule has 1 amide bonds. The van der Waals surface area contributed by atoms with E-state index in [1.54, 1.807) is 25.3 Å². The lowest BCUT2D eigenvalue weighted by atomic mass is 10.1. The van der Waals surface area contributed by atoms with Crippen molar-refractivity contribution in [2.24, 2.45) is 0 Å². The molecular weight excluding hydrogens is 318 g/mol. The van der Waals surface area contributed by atoms with Gasteiger partial charge in [0.25, 0.3) is 11.6 Å². The predicted octanol–water partition coefficient (Wildman–Crippen LogP) is 3.72. The van der Waals surface area contributed by atoms with E-state index >= 15 is 0 Å². The second-order valence-electron chi connectivity index (χ2n) is 5.63. The highest BCUT2D eigenvalue weighted by Gasteiger charge is 2.19. The summed E-state index contributed by atoms with van der Waals surface area (Å²) < 4.78 is 10.5. The Morgan fingerprint density at radius 1 is 1.16 bits per heavy atom. The van der Waals surface area contributed by atoms with E-state index in [2.05, 4.69) is 15.5 Å². The molecule has 1 aromatic carbocycles. The number of amides is 1. The van der Waals surface area contributed by atoms with Gasteiger partial charge in [0.2, 0.25) is 0 Å². The molecule has 0 radical (unpaired) electrons. The second-order valence-corrected chi connectivity index (χ2v) is 5.63. The summed E-state index contributed by atoms with van der Waals surface area (Å²) in [5.41, 5.74) is 3.02. The fourth-order valence-electron chi connectivity index (χ4n) is 2.71. The van der Waals surface area contributed by atoms with Crippen LogP contribution < -0.4 is 5.32 Å². The average Bonchev–Trinajstić information content (AvgIpc) is 3.30. The van der Waals surface area contributed by atoms with Gasteiger partial charge in [-0.15, -0.1) is 0 Å². The topological polar surface area (TPSA) is 81.2 Å². The molecule has 0 bridgehead atoms. The van der Waals surface area contributed by atoms with Crippen LogP contribution in [0, 0.1) is 6.92 Å². The highest BCUT2D eigenvalue weighted by atomic mass is 16.5. The van der Waals surface area contributed by atoms with E-state index in [1.165, 1.54) is 0 Å². The fraction of sp³-hybridized carbons (Fsp3) is 0.105. The number of aryl methyl sites for hydroxylation is 1. The first-order valence-corrected chi connectivity index (χ1v) is 7.85. The van der Waals surface area contributed by atoms with E-state index in [1.807, 2.05) is 36.4 Å². The molecule has 1 N–H and O–H groups in total. The first kappa shape index (κ1) is 15.1. The Labute approximate surface area is 143 Å². The van der Waals surface area contributed by atoms with Crippen molar-refractivity contribution in [3.8, 4) is 11.3 Å². The largest absolute Gasteiger partial charge is 0.467 e. The smallest absolute Gasteiger partial charge is 0.259 e. The van der Waals surface area contributed by atoms with Crippen molar-refractivity contribution >= 4 is 17.0 Å². The molecule has 0 aliphatic rings. The summed E-state index contributed by atoms with van der Waals surface area (Å²) in [5, 5.41) is 7.43. The summed E-state index contributed by atoms with van der Waals surface area (Å²) in [7, 11) is 0. The van der Waals surface area contributed by atoms with Crippen molar-refractivity contribution in [1.82, 2.24) is 15.5 Å². The quantitative estimate of drug-likeness (QED) is 0.615. The molecule has 3 heterocycles. The third-order valence-corrected chi connectivity index (χ3v) is 3.93. The molecule has 6 nitrogen and oxygen atoms in total. The Bertz CT molecular complexity index is 1020. The van der Waals surface area contributed by atoms with E-state index in [-0.39, 0.29) is 5.91 Å². The van der Waals surface area contributed by atoms with Gasteiger partial charge >= 0.3 is 0 Å². The van der Waals surface area contributed by atoms with Gasteiger partial charge in [0.1, 0.15) is 5.76 Å². The van der Waals surface area contributed by atoms with Crippen LogP contribution in [0.2, 0.25) is 0 Å². The van der Waals surface area contributed by atoms with Gasteiger partial charge in [-0.1, -0.05) is 35.5 Å². The van der Waals surface area contributed by atoms with Crippen LogP contribution in [0.15, 0.2) is 63.7 Å². The van der Waals surface area contributed by atoms with Crippen molar-refractivity contribution in [3.63, 3.8) is 0 Å². The van der Waals surface area contributed by atoms with E-state index in [0.29, 0.717) is 40.4 Å². The normalized spacial score (nSPS) is 10.9. The first-order chi connectivity index (χ1) is 12.2. The highest BCUT2D eigenvalue weighted by molar-refractivity contribution is 6.06. The molecule has 3 aromatic heterocycles. The molecule has 25 heavy (non-hydrogen) atoms. The van der Waals surface area contributed by atoms with Crippen molar-refractivity contribution in [1.29, 1.82) is 0 Å². The number of rotatable bonds is 4. The number of nitrogens with zero attached hydrogens (tertiary/aromatic N) is 2. The van der Waals surface area contributed by atoms with E-state index in [4.69, 9.17) is 8.94 Å². The SMILES string of the molecule is Cc1noc2nc(-c3ccccc3)cc(C(=O)NCc3ccco3)c12. The maximum atomic E-state index is 12.7. The van der Waals surface area contributed by atoms with Gasteiger partial charge in [0.05, 0.1) is 35.1 Å². The van der Waals surface area contributed by atoms with Gasteiger partial charge < -0.3 is 14.3 Å². The van der Waals surface area contributed by atoms with Crippen molar-refractivity contribution in [3.05, 3.63) is 71.8 Å². The number of hydrogen-bond donors (Lipinski definition) is 1. The number of hydrogen-bond acceptors (Lipinski definition) is 5. The summed E-state index contributed by atoms with van der Waals surface area (Å²) >= 11 is 0. The standard InChI is InChI=1S/C19H15N3O3/c1-12-17-15(18(23)20-11-14-8-5-9-24-14)10-16(21-19(17)25-22-12)13-6-3-2-4-7-13/h2-10H,11H2,1H3,(H,20,23). The lowest BCUT2D eigenvalue weighted by Gasteiger charge is -2.07. The summed E-state index contributed by atoms with van der Waals surface area (Å²) in [5.74, 6) is 0.455. The zero-order valence-corrected chi connectivity index (χ0v) is 13.5. The highest BCUT2D eigenvalue weighted by Crippen LogP contribution is 2.27. The lowest BCUT2D eigenvalue weighted by molar-refractivity contribution is 0.0949. The molecule has 0 spiro atoms. The third-order valence-electron chi connectivity index (χ3n) is 3.93. The summed E-state index contributed by atoms with van der Waals surface area (Å²) in [6.45, 7) is 2.10. The molecule has 4 aromatic rings. The van der Waals surface area contributed by atoms with Crippen LogP contribution in [0.25, 0.3) is 22.4 Å². The molecule has 0 aliphatic carbocycles. The van der Waals surface area contributed by atoms with Crippen LogP contribution in [0.1, 0.15) is 21.8 Å². The molecular formula is C19H15N3O3. The third kappa shape index (κ3) is 2.89. The molecule has 0 saturated heterocycles. The van der Waals surface area contributed by atoms with Crippen LogP contribution in [-0.4, -0.2) is 16.0 Å². The average molecular weight is 333 g/mol. The predicted molar refractivity (Wildman–Crippen MR) is 91.9 cm³/mol. The van der Waals surface area contributed by atoms with Crippen LogP contribution >= 0.6 is 0 Å². The Morgan fingerprint density at radius 3 is 2.76 bits per heavy atom.